The van der Waals surface area contributed by atoms with E-state index >= 15 is 0 Å². The molecule has 144 valence electrons. The number of methoxy groups -OCH3 is 3. The van der Waals surface area contributed by atoms with Crippen LogP contribution < -0.4 is 14.2 Å². The maximum absolute atomic E-state index is 12.2. The number of carbonyl (C=O) groups is 1. The number of allylic oxidation sites excluding steroid dienone is 1. The van der Waals surface area contributed by atoms with Gasteiger partial charge in [-0.2, -0.15) is 0 Å². The van der Waals surface area contributed by atoms with Crippen molar-refractivity contribution in [2.24, 2.45) is 0 Å². The molecule has 2 rings (SSSR count). The summed E-state index contributed by atoms with van der Waals surface area (Å²) in [6, 6.07) is 12.6. The Morgan fingerprint density at radius 2 is 1.63 bits per heavy atom. The van der Waals surface area contributed by atoms with E-state index in [-0.39, 0.29) is 12.6 Å². The Morgan fingerprint density at radius 3 is 2.22 bits per heavy atom. The Hall–Kier alpha value is -2.83. The standard InChI is InChI=1S/C21H24O6/c1-23-11-12-26-15-27-21-19(24-2)13-16(14-20(21)25-3)9-10-18(22)17-7-5-4-6-8-17/h4-10,13-14H,11-12,15H2,1-3H3. The van der Waals surface area contributed by atoms with Gasteiger partial charge in [0.15, 0.2) is 24.1 Å². The van der Waals surface area contributed by atoms with Gasteiger partial charge in [0.1, 0.15) is 0 Å². The highest BCUT2D eigenvalue weighted by Crippen LogP contribution is 2.39. The van der Waals surface area contributed by atoms with Crippen LogP contribution >= 0.6 is 0 Å². The first-order valence-electron chi connectivity index (χ1n) is 8.42. The van der Waals surface area contributed by atoms with Gasteiger partial charge in [0.05, 0.1) is 27.4 Å². The molecule has 27 heavy (non-hydrogen) atoms. The Bertz CT molecular complexity index is 730. The maximum atomic E-state index is 12.2. The van der Waals surface area contributed by atoms with Gasteiger partial charge in [0.25, 0.3) is 0 Å². The van der Waals surface area contributed by atoms with E-state index in [9.17, 15) is 4.79 Å². The zero-order chi connectivity index (χ0) is 19.5. The predicted molar refractivity (Wildman–Crippen MR) is 103 cm³/mol. The summed E-state index contributed by atoms with van der Waals surface area (Å²) in [6.07, 6.45) is 3.22. The van der Waals surface area contributed by atoms with Crippen molar-refractivity contribution in [1.82, 2.24) is 0 Å². The van der Waals surface area contributed by atoms with E-state index < -0.39 is 0 Å². The summed E-state index contributed by atoms with van der Waals surface area (Å²) < 4.78 is 26.6. The third-order valence-electron chi connectivity index (χ3n) is 3.69. The summed E-state index contributed by atoms with van der Waals surface area (Å²) in [5, 5.41) is 0. The Kier molecular flexibility index (Phi) is 8.35. The third kappa shape index (κ3) is 6.13. The van der Waals surface area contributed by atoms with Crippen LogP contribution in [-0.4, -0.2) is 47.1 Å². The minimum absolute atomic E-state index is 0.0394. The number of benzene rings is 2. The van der Waals surface area contributed by atoms with E-state index in [4.69, 9.17) is 23.7 Å². The SMILES string of the molecule is COCCOCOc1c(OC)cc(C=CC(=O)c2ccccc2)cc1OC. The molecule has 6 heteroatoms. The topological polar surface area (TPSA) is 63.2 Å². The fourth-order valence-corrected chi connectivity index (χ4v) is 2.31. The van der Waals surface area contributed by atoms with Gasteiger partial charge in [0.2, 0.25) is 5.75 Å². The van der Waals surface area contributed by atoms with E-state index in [2.05, 4.69) is 0 Å². The highest BCUT2D eigenvalue weighted by atomic mass is 16.7. The van der Waals surface area contributed by atoms with Crippen LogP contribution in [0.5, 0.6) is 17.2 Å². The van der Waals surface area contributed by atoms with Crippen molar-refractivity contribution in [3.8, 4) is 17.2 Å². The zero-order valence-electron chi connectivity index (χ0n) is 15.8. The van der Waals surface area contributed by atoms with Gasteiger partial charge in [-0.15, -0.1) is 0 Å². The van der Waals surface area contributed by atoms with E-state index in [0.29, 0.717) is 36.0 Å². The van der Waals surface area contributed by atoms with Crippen molar-refractivity contribution in [3.63, 3.8) is 0 Å². The van der Waals surface area contributed by atoms with Crippen molar-refractivity contribution < 1.29 is 28.5 Å². The van der Waals surface area contributed by atoms with Crippen molar-refractivity contribution in [1.29, 1.82) is 0 Å². The molecule has 0 saturated heterocycles. The molecule has 0 unspecified atom stereocenters. The van der Waals surface area contributed by atoms with E-state index in [1.54, 1.807) is 37.5 Å². The maximum Gasteiger partial charge on any atom is 0.206 e. The average molecular weight is 372 g/mol. The molecule has 2 aromatic carbocycles. The van der Waals surface area contributed by atoms with Crippen molar-refractivity contribution in [2.45, 2.75) is 0 Å². The number of rotatable bonds is 11. The molecular weight excluding hydrogens is 348 g/mol. The predicted octanol–water partition coefficient (Wildman–Crippen LogP) is 3.60. The molecule has 0 radical (unpaired) electrons. The number of hydrogen-bond donors (Lipinski definition) is 0. The van der Waals surface area contributed by atoms with Crippen LogP contribution in [0.2, 0.25) is 0 Å². The average Bonchev–Trinajstić information content (AvgIpc) is 2.72. The van der Waals surface area contributed by atoms with Gasteiger partial charge in [-0.3, -0.25) is 4.79 Å². The Balaban J connectivity index is 2.14. The second-order valence-corrected chi connectivity index (χ2v) is 5.48. The van der Waals surface area contributed by atoms with Gasteiger partial charge in [-0.25, -0.2) is 0 Å². The first-order valence-corrected chi connectivity index (χ1v) is 8.42. The highest BCUT2D eigenvalue weighted by molar-refractivity contribution is 6.06. The zero-order valence-corrected chi connectivity index (χ0v) is 15.8. The fourth-order valence-electron chi connectivity index (χ4n) is 2.31. The molecule has 0 aliphatic rings. The van der Waals surface area contributed by atoms with Crippen LogP contribution in [0.25, 0.3) is 6.08 Å². The summed E-state index contributed by atoms with van der Waals surface area (Å²) in [4.78, 5) is 12.2. The summed E-state index contributed by atoms with van der Waals surface area (Å²) in [5.74, 6) is 1.32. The third-order valence-corrected chi connectivity index (χ3v) is 3.69. The van der Waals surface area contributed by atoms with E-state index in [1.165, 1.54) is 20.3 Å². The van der Waals surface area contributed by atoms with Gasteiger partial charge in [-0.1, -0.05) is 36.4 Å². The molecule has 0 heterocycles. The lowest BCUT2D eigenvalue weighted by Gasteiger charge is -2.15. The quantitative estimate of drug-likeness (QED) is 0.260. The van der Waals surface area contributed by atoms with Crippen LogP contribution in [-0.2, 0) is 9.47 Å². The second-order valence-electron chi connectivity index (χ2n) is 5.48. The molecule has 0 bridgehead atoms. The second kappa shape index (κ2) is 11.0. The van der Waals surface area contributed by atoms with Crippen LogP contribution in [0.1, 0.15) is 15.9 Å². The molecule has 0 amide bonds. The van der Waals surface area contributed by atoms with Crippen molar-refractivity contribution in [3.05, 3.63) is 59.7 Å². The molecule has 6 nitrogen and oxygen atoms in total. The van der Waals surface area contributed by atoms with Crippen LogP contribution in [0.4, 0.5) is 0 Å². The summed E-state index contributed by atoms with van der Waals surface area (Å²) in [7, 11) is 4.68. The lowest BCUT2D eigenvalue weighted by Crippen LogP contribution is -2.09. The largest absolute Gasteiger partial charge is 0.493 e. The van der Waals surface area contributed by atoms with Crippen LogP contribution in [0.15, 0.2) is 48.5 Å². The van der Waals surface area contributed by atoms with Gasteiger partial charge >= 0.3 is 0 Å². The van der Waals surface area contributed by atoms with Crippen molar-refractivity contribution in [2.75, 3.05) is 41.3 Å². The lowest BCUT2D eigenvalue weighted by atomic mass is 10.1. The summed E-state index contributed by atoms with van der Waals surface area (Å²) >= 11 is 0. The monoisotopic (exact) mass is 372 g/mol. The molecule has 0 saturated carbocycles. The molecule has 0 aromatic heterocycles. The molecule has 0 aliphatic carbocycles. The summed E-state index contributed by atoms with van der Waals surface area (Å²) in [5.41, 5.74) is 1.38. The molecule has 0 fully saturated rings. The Labute approximate surface area is 159 Å². The lowest BCUT2D eigenvalue weighted by molar-refractivity contribution is -0.0105. The molecule has 0 N–H and O–H groups in total. The smallest absolute Gasteiger partial charge is 0.206 e. The molecule has 0 atom stereocenters. The number of ketones is 1. The fraction of sp³-hybridized carbons (Fsp3) is 0.286. The van der Waals surface area contributed by atoms with Gasteiger partial charge in [-0.05, 0) is 23.8 Å². The van der Waals surface area contributed by atoms with E-state index in [0.717, 1.165) is 5.56 Å². The number of hydrogen-bond acceptors (Lipinski definition) is 6. The minimum Gasteiger partial charge on any atom is -0.493 e. The minimum atomic E-state index is -0.0830. The van der Waals surface area contributed by atoms with Gasteiger partial charge < -0.3 is 23.7 Å². The van der Waals surface area contributed by atoms with Crippen molar-refractivity contribution >= 4 is 11.9 Å². The number of carbonyl (C=O) groups excluding carboxylic acids is 1. The Morgan fingerprint density at radius 1 is 0.963 bits per heavy atom. The molecular formula is C21H24O6. The first-order chi connectivity index (χ1) is 13.2. The van der Waals surface area contributed by atoms with Crippen LogP contribution in [0, 0.1) is 0 Å². The highest BCUT2D eigenvalue weighted by Gasteiger charge is 2.14. The molecule has 2 aromatic rings. The summed E-state index contributed by atoms with van der Waals surface area (Å²) in [6.45, 7) is 0.943. The van der Waals surface area contributed by atoms with Gasteiger partial charge in [0, 0.05) is 12.7 Å². The normalized spacial score (nSPS) is 10.8. The van der Waals surface area contributed by atoms with Crippen LogP contribution in [0.3, 0.4) is 0 Å². The van der Waals surface area contributed by atoms with E-state index in [1.807, 2.05) is 18.2 Å². The molecule has 0 spiro atoms. The molecule has 0 aliphatic heterocycles. The first kappa shape index (κ1) is 20.5. The number of ether oxygens (including phenoxy) is 5.